The second kappa shape index (κ2) is 10.2. The molecule has 0 amide bonds. The summed E-state index contributed by atoms with van der Waals surface area (Å²) in [5.41, 5.74) is 6.29. The van der Waals surface area contributed by atoms with Crippen LogP contribution < -0.4 is 15.2 Å². The van der Waals surface area contributed by atoms with E-state index in [9.17, 15) is 14.8 Å². The molecule has 0 bridgehead atoms. The molecule has 0 aliphatic heterocycles. The van der Waals surface area contributed by atoms with Gasteiger partial charge in [0.2, 0.25) is 5.54 Å². The number of rotatable bonds is 11. The number of hydrogen-bond acceptors (Lipinski definition) is 9. The molecule has 4 rings (SSSR count). The molecule has 35 heavy (non-hydrogen) atoms. The van der Waals surface area contributed by atoms with E-state index in [0.29, 0.717) is 40.8 Å². The summed E-state index contributed by atoms with van der Waals surface area (Å²) in [4.78, 5) is 36.9. The fraction of sp³-hybridized carbons (Fsp3) is 0.478. The van der Waals surface area contributed by atoms with Crippen LogP contribution in [0.15, 0.2) is 41.7 Å². The molecule has 3 aromatic rings. The Morgan fingerprint density at radius 3 is 2.77 bits per heavy atom. The molecule has 0 spiro atoms. The van der Waals surface area contributed by atoms with Gasteiger partial charge in [-0.15, -0.1) is 0 Å². The number of nitrogen functional groups attached to an aromatic ring is 1. The summed E-state index contributed by atoms with van der Waals surface area (Å²) in [6.45, 7) is 5.64. The number of carboxylic acids is 1. The number of hydrogen-bond donors (Lipinski definition) is 2. The Balaban J connectivity index is 1.48. The Hall–Kier alpha value is -3.14. The maximum atomic E-state index is 12.6. The Bertz CT molecular complexity index is 1240. The minimum absolute atomic E-state index is 0.0914. The third-order valence-corrected chi connectivity index (χ3v) is 7.33. The predicted octanol–water partition coefficient (Wildman–Crippen LogP) is 3.14. The molecule has 1 fully saturated rings. The predicted molar refractivity (Wildman–Crippen MR) is 128 cm³/mol. The van der Waals surface area contributed by atoms with Crippen LogP contribution in [0, 0.1) is 11.8 Å². The third kappa shape index (κ3) is 5.58. The smallest absolute Gasteiger partial charge is 0.395 e. The molecule has 3 atom stereocenters. The van der Waals surface area contributed by atoms with Crippen LogP contribution in [0.4, 0.5) is 5.82 Å². The SMILES string of the molecule is CC(C)[C@](C)(N=[P+]([O-])Oc1ccccc1CO[C@@H](Cn1cnc2c(N)ncnc21)C1CC1)C(=O)O. The highest BCUT2D eigenvalue weighted by Crippen LogP contribution is 2.37. The maximum absolute atomic E-state index is 12.6. The number of anilines is 1. The molecule has 1 aliphatic rings. The van der Waals surface area contributed by atoms with E-state index in [0.717, 1.165) is 12.8 Å². The standard InChI is InChI=1S/C23H29N6O5P/c1-14(2)23(3,22(30)31)28-35(32)34-17-7-5-4-6-16(17)11-33-18(15-8-9-15)10-29-13-27-19-20(24)25-12-26-21(19)29/h4-7,12-15,18H,8-11H2,1-3H3,(H,30,31)(H2,24,25,26)/t18-,23-/m0/s1. The minimum Gasteiger partial charge on any atom is -0.575 e. The molecule has 186 valence electrons. The Morgan fingerprint density at radius 2 is 2.09 bits per heavy atom. The van der Waals surface area contributed by atoms with Gasteiger partial charge in [-0.1, -0.05) is 36.8 Å². The number of imidazole rings is 1. The van der Waals surface area contributed by atoms with Crippen LogP contribution in [0.3, 0.4) is 0 Å². The molecule has 2 aromatic heterocycles. The number of nitrogens with two attached hydrogens (primary N) is 1. The normalized spacial score (nSPS) is 16.9. The summed E-state index contributed by atoms with van der Waals surface area (Å²) in [5.74, 6) is -0.423. The van der Waals surface area contributed by atoms with Gasteiger partial charge in [0.05, 0.1) is 25.6 Å². The van der Waals surface area contributed by atoms with E-state index in [1.165, 1.54) is 13.3 Å². The van der Waals surface area contributed by atoms with E-state index in [1.54, 1.807) is 32.3 Å². The summed E-state index contributed by atoms with van der Waals surface area (Å²) in [6, 6.07) is 7.08. The molecular formula is C23H29N6O5P. The summed E-state index contributed by atoms with van der Waals surface area (Å²) in [6.07, 6.45) is 5.15. The van der Waals surface area contributed by atoms with Crippen molar-refractivity contribution in [3.05, 3.63) is 42.5 Å². The highest BCUT2D eigenvalue weighted by atomic mass is 31.1. The van der Waals surface area contributed by atoms with Crippen LogP contribution in [0.25, 0.3) is 11.2 Å². The lowest BCUT2D eigenvalue weighted by atomic mass is 9.90. The van der Waals surface area contributed by atoms with Gasteiger partial charge in [-0.25, -0.2) is 19.7 Å². The average Bonchev–Trinajstić information content (AvgIpc) is 3.58. The van der Waals surface area contributed by atoms with Crippen molar-refractivity contribution in [2.45, 2.75) is 58.4 Å². The van der Waals surface area contributed by atoms with Crippen molar-refractivity contribution in [3.63, 3.8) is 0 Å². The lowest BCUT2D eigenvalue weighted by Gasteiger charge is -2.21. The van der Waals surface area contributed by atoms with Crippen molar-refractivity contribution < 1.29 is 24.1 Å². The summed E-state index contributed by atoms with van der Waals surface area (Å²) in [5, 5.41) is 9.54. The fourth-order valence-corrected chi connectivity index (χ4v) is 4.66. The number of aromatic nitrogens is 4. The first-order chi connectivity index (χ1) is 16.7. The highest BCUT2D eigenvalue weighted by molar-refractivity contribution is 7.34. The summed E-state index contributed by atoms with van der Waals surface area (Å²) < 4.78 is 17.7. The number of carbonyl (C=O) groups is 1. The van der Waals surface area contributed by atoms with Crippen LogP contribution in [0.2, 0.25) is 0 Å². The molecule has 11 nitrogen and oxygen atoms in total. The molecule has 12 heteroatoms. The van der Waals surface area contributed by atoms with Gasteiger partial charge in [0, 0.05) is 5.56 Å². The van der Waals surface area contributed by atoms with E-state index in [2.05, 4.69) is 19.7 Å². The molecule has 0 saturated heterocycles. The maximum Gasteiger partial charge on any atom is 0.395 e. The number of ether oxygens (including phenoxy) is 1. The van der Waals surface area contributed by atoms with Crippen molar-refractivity contribution in [2.24, 2.45) is 16.6 Å². The van der Waals surface area contributed by atoms with Crippen LogP contribution in [0.5, 0.6) is 5.75 Å². The van der Waals surface area contributed by atoms with Crippen LogP contribution in [-0.2, 0) is 22.7 Å². The fourth-order valence-electron chi connectivity index (χ4n) is 3.62. The first-order valence-corrected chi connectivity index (χ1v) is 12.5. The number of fused-ring (bicyclic) bond motifs is 1. The van der Waals surface area contributed by atoms with Gasteiger partial charge in [0.15, 0.2) is 17.2 Å². The summed E-state index contributed by atoms with van der Waals surface area (Å²) >= 11 is 0. The third-order valence-electron chi connectivity index (χ3n) is 6.40. The Labute approximate surface area is 204 Å². The van der Waals surface area contributed by atoms with Gasteiger partial charge in [-0.3, -0.25) is 4.52 Å². The van der Waals surface area contributed by atoms with E-state index in [1.807, 2.05) is 16.7 Å². The average molecular weight is 500 g/mol. The van der Waals surface area contributed by atoms with E-state index in [-0.39, 0.29) is 18.6 Å². The number of aliphatic carboxylic acids is 1. The first-order valence-electron chi connectivity index (χ1n) is 11.4. The Kier molecular flexibility index (Phi) is 7.30. The van der Waals surface area contributed by atoms with Gasteiger partial charge >= 0.3 is 14.1 Å². The zero-order valence-corrected chi connectivity index (χ0v) is 20.8. The molecule has 1 saturated carbocycles. The molecule has 3 N–H and O–H groups in total. The van der Waals surface area contributed by atoms with Crippen LogP contribution in [-0.4, -0.2) is 42.2 Å². The van der Waals surface area contributed by atoms with E-state index in [4.69, 9.17) is 15.0 Å². The molecule has 1 unspecified atom stereocenters. The number of benzene rings is 1. The topological polar surface area (TPSA) is 161 Å². The van der Waals surface area contributed by atoms with Crippen molar-refractivity contribution in [2.75, 3.05) is 5.73 Å². The quantitative estimate of drug-likeness (QED) is 0.377. The first kappa shape index (κ1) is 25.0. The van der Waals surface area contributed by atoms with Gasteiger partial charge in [-0.05, 0) is 37.7 Å². The van der Waals surface area contributed by atoms with Crippen molar-refractivity contribution >= 4 is 31.1 Å². The lowest BCUT2D eigenvalue weighted by Crippen LogP contribution is -2.38. The van der Waals surface area contributed by atoms with E-state index >= 15 is 0 Å². The number of carboxylic acid groups (broad SMARTS) is 1. The summed E-state index contributed by atoms with van der Waals surface area (Å²) in [7, 11) is -2.61. The van der Waals surface area contributed by atoms with Crippen molar-refractivity contribution in [1.29, 1.82) is 0 Å². The Morgan fingerprint density at radius 1 is 1.34 bits per heavy atom. The monoisotopic (exact) mass is 500 g/mol. The van der Waals surface area contributed by atoms with Gasteiger partial charge < -0.3 is 25.0 Å². The number of nitrogens with zero attached hydrogens (tertiary/aromatic N) is 5. The molecule has 0 radical (unpaired) electrons. The van der Waals surface area contributed by atoms with Crippen LogP contribution in [0.1, 0.15) is 39.2 Å². The van der Waals surface area contributed by atoms with Gasteiger partial charge in [0.1, 0.15) is 11.8 Å². The van der Waals surface area contributed by atoms with Crippen molar-refractivity contribution in [3.8, 4) is 5.75 Å². The molecular weight excluding hydrogens is 471 g/mol. The zero-order valence-electron chi connectivity index (χ0n) is 19.9. The van der Waals surface area contributed by atoms with Crippen molar-refractivity contribution in [1.82, 2.24) is 19.5 Å². The number of para-hydroxylation sites is 1. The highest BCUT2D eigenvalue weighted by Gasteiger charge is 2.40. The lowest BCUT2D eigenvalue weighted by molar-refractivity contribution is -0.170. The second-order valence-electron chi connectivity index (χ2n) is 9.16. The van der Waals surface area contributed by atoms with Crippen LogP contribution >= 0.6 is 8.17 Å². The minimum atomic E-state index is -2.61. The molecule has 2 heterocycles. The van der Waals surface area contributed by atoms with E-state index < -0.39 is 19.7 Å². The second-order valence-corrected chi connectivity index (χ2v) is 10.0. The van der Waals surface area contributed by atoms with Gasteiger partial charge in [-0.2, -0.15) is 0 Å². The molecule has 1 aromatic carbocycles. The van der Waals surface area contributed by atoms with Gasteiger partial charge in [0.25, 0.3) is 0 Å². The molecule has 1 aliphatic carbocycles. The zero-order chi connectivity index (χ0) is 25.2. The largest absolute Gasteiger partial charge is 0.575 e.